The first-order valence-electron chi connectivity index (χ1n) is 6.67. The minimum Gasteiger partial charge on any atom is -0.497 e. The number of nitrogens with zero attached hydrogens (tertiary/aromatic N) is 2. The number of methoxy groups -OCH3 is 1. The van der Waals surface area contributed by atoms with Crippen LogP contribution in [0.15, 0.2) is 30.3 Å². The molecule has 0 saturated carbocycles. The number of hydrogen-bond donors (Lipinski definition) is 2. The Hall–Kier alpha value is -2.30. The van der Waals surface area contributed by atoms with Crippen LogP contribution in [0.4, 0.5) is 11.6 Å². The van der Waals surface area contributed by atoms with Gasteiger partial charge in [0.05, 0.1) is 7.11 Å². The maximum Gasteiger partial charge on any atom is 0.132 e. The van der Waals surface area contributed by atoms with Gasteiger partial charge in [-0.05, 0) is 17.7 Å². The van der Waals surface area contributed by atoms with Crippen LogP contribution in [0.25, 0.3) is 0 Å². The molecule has 20 heavy (non-hydrogen) atoms. The Bertz CT molecular complexity index is 532. The van der Waals surface area contributed by atoms with Crippen molar-refractivity contribution >= 4 is 11.6 Å². The van der Waals surface area contributed by atoms with E-state index in [2.05, 4.69) is 20.6 Å². The van der Waals surface area contributed by atoms with Gasteiger partial charge in [-0.3, -0.25) is 0 Å². The lowest BCUT2D eigenvalue weighted by molar-refractivity contribution is 0.414. The molecule has 1 aromatic heterocycles. The Morgan fingerprint density at radius 2 is 1.80 bits per heavy atom. The Morgan fingerprint density at radius 3 is 2.40 bits per heavy atom. The monoisotopic (exact) mass is 272 g/mol. The number of hydrogen-bond acceptors (Lipinski definition) is 5. The van der Waals surface area contributed by atoms with E-state index in [0.29, 0.717) is 6.54 Å². The van der Waals surface area contributed by atoms with Gasteiger partial charge in [-0.25, -0.2) is 9.97 Å². The van der Waals surface area contributed by atoms with E-state index in [4.69, 9.17) is 4.74 Å². The third-order valence-electron chi connectivity index (χ3n) is 2.98. The van der Waals surface area contributed by atoms with E-state index >= 15 is 0 Å². The molecule has 0 bridgehead atoms. The summed E-state index contributed by atoms with van der Waals surface area (Å²) in [6.45, 7) is 2.76. The first-order valence-corrected chi connectivity index (χ1v) is 6.67. The van der Waals surface area contributed by atoms with Gasteiger partial charge in [-0.2, -0.15) is 0 Å². The Kier molecular flexibility index (Phi) is 4.76. The van der Waals surface area contributed by atoms with Crippen molar-refractivity contribution in [3.05, 3.63) is 41.7 Å². The van der Waals surface area contributed by atoms with Gasteiger partial charge in [0.1, 0.15) is 23.2 Å². The highest BCUT2D eigenvalue weighted by atomic mass is 16.5. The summed E-state index contributed by atoms with van der Waals surface area (Å²) in [7, 11) is 3.52. The summed E-state index contributed by atoms with van der Waals surface area (Å²) in [5.74, 6) is 3.35. The second-order valence-corrected chi connectivity index (χ2v) is 4.36. The Balaban J connectivity index is 2.05. The smallest absolute Gasteiger partial charge is 0.132 e. The molecule has 0 spiro atoms. The fourth-order valence-electron chi connectivity index (χ4n) is 1.81. The van der Waals surface area contributed by atoms with Gasteiger partial charge in [0.25, 0.3) is 0 Å². The van der Waals surface area contributed by atoms with Crippen LogP contribution in [0.1, 0.15) is 18.3 Å². The zero-order valence-electron chi connectivity index (χ0n) is 12.1. The summed E-state index contributed by atoms with van der Waals surface area (Å²) in [5, 5.41) is 6.36. The molecule has 5 heteroatoms. The summed E-state index contributed by atoms with van der Waals surface area (Å²) in [6.07, 6.45) is 0.812. The maximum absolute atomic E-state index is 5.14. The summed E-state index contributed by atoms with van der Waals surface area (Å²) >= 11 is 0. The van der Waals surface area contributed by atoms with Gasteiger partial charge in [0.2, 0.25) is 0 Å². The second-order valence-electron chi connectivity index (χ2n) is 4.36. The molecular formula is C15H20N4O. The summed E-state index contributed by atoms with van der Waals surface area (Å²) in [6, 6.07) is 9.88. The molecule has 5 nitrogen and oxygen atoms in total. The van der Waals surface area contributed by atoms with Crippen LogP contribution in [0, 0.1) is 0 Å². The Labute approximate surface area is 119 Å². The molecule has 0 aliphatic rings. The topological polar surface area (TPSA) is 59.1 Å². The van der Waals surface area contributed by atoms with E-state index < -0.39 is 0 Å². The van der Waals surface area contributed by atoms with Gasteiger partial charge in [0, 0.05) is 26.1 Å². The lowest BCUT2D eigenvalue weighted by Crippen LogP contribution is -2.06. The van der Waals surface area contributed by atoms with E-state index in [1.54, 1.807) is 7.11 Å². The molecule has 0 aliphatic heterocycles. The molecule has 0 fully saturated rings. The predicted molar refractivity (Wildman–Crippen MR) is 81.3 cm³/mol. The molecule has 0 atom stereocenters. The Morgan fingerprint density at radius 1 is 1.10 bits per heavy atom. The van der Waals surface area contributed by atoms with E-state index in [0.717, 1.165) is 29.6 Å². The fraction of sp³-hybridized carbons (Fsp3) is 0.333. The van der Waals surface area contributed by atoms with E-state index in [-0.39, 0.29) is 0 Å². The third-order valence-corrected chi connectivity index (χ3v) is 2.98. The first kappa shape index (κ1) is 14.1. The number of ether oxygens (including phenoxy) is 1. The van der Waals surface area contributed by atoms with Crippen LogP contribution in [-0.4, -0.2) is 24.1 Å². The average Bonchev–Trinajstić information content (AvgIpc) is 2.53. The van der Waals surface area contributed by atoms with Gasteiger partial charge in [0.15, 0.2) is 0 Å². The quantitative estimate of drug-likeness (QED) is 0.846. The second kappa shape index (κ2) is 6.75. The van der Waals surface area contributed by atoms with E-state index in [1.807, 2.05) is 44.3 Å². The third kappa shape index (κ3) is 3.60. The zero-order chi connectivity index (χ0) is 14.4. The zero-order valence-corrected chi connectivity index (χ0v) is 12.1. The molecular weight excluding hydrogens is 252 g/mol. The minimum atomic E-state index is 0.716. The molecule has 2 aromatic rings. The summed E-state index contributed by atoms with van der Waals surface area (Å²) in [5.41, 5.74) is 1.17. The van der Waals surface area contributed by atoms with Crippen LogP contribution in [0.3, 0.4) is 0 Å². The van der Waals surface area contributed by atoms with Crippen molar-refractivity contribution in [2.75, 3.05) is 24.8 Å². The van der Waals surface area contributed by atoms with Crippen molar-refractivity contribution in [2.24, 2.45) is 0 Å². The number of benzene rings is 1. The highest BCUT2D eigenvalue weighted by Gasteiger charge is 2.02. The molecule has 1 aromatic carbocycles. The predicted octanol–water partition coefficient (Wildman–Crippen LogP) is 2.70. The molecule has 0 radical (unpaired) electrons. The number of nitrogens with one attached hydrogen (secondary N) is 2. The minimum absolute atomic E-state index is 0.716. The molecule has 106 valence electrons. The van der Waals surface area contributed by atoms with Gasteiger partial charge in [-0.15, -0.1) is 0 Å². The highest BCUT2D eigenvalue weighted by molar-refractivity contribution is 5.47. The average molecular weight is 272 g/mol. The molecule has 2 N–H and O–H groups in total. The van der Waals surface area contributed by atoms with Crippen LogP contribution < -0.4 is 15.4 Å². The normalized spacial score (nSPS) is 10.2. The van der Waals surface area contributed by atoms with Gasteiger partial charge in [-0.1, -0.05) is 19.1 Å². The summed E-state index contributed by atoms with van der Waals surface area (Å²) in [4.78, 5) is 8.83. The van der Waals surface area contributed by atoms with Crippen molar-refractivity contribution in [1.82, 2.24) is 9.97 Å². The van der Waals surface area contributed by atoms with Crippen molar-refractivity contribution in [3.8, 4) is 5.75 Å². The van der Waals surface area contributed by atoms with Crippen molar-refractivity contribution in [1.29, 1.82) is 0 Å². The molecule has 0 amide bonds. The number of aromatic nitrogens is 2. The van der Waals surface area contributed by atoms with E-state index in [1.165, 1.54) is 5.56 Å². The van der Waals surface area contributed by atoms with Crippen molar-refractivity contribution in [3.63, 3.8) is 0 Å². The van der Waals surface area contributed by atoms with Crippen molar-refractivity contribution < 1.29 is 4.74 Å². The molecule has 0 saturated heterocycles. The first-order chi connectivity index (χ1) is 9.75. The van der Waals surface area contributed by atoms with Gasteiger partial charge < -0.3 is 15.4 Å². The van der Waals surface area contributed by atoms with Crippen LogP contribution in [0.5, 0.6) is 5.75 Å². The van der Waals surface area contributed by atoms with Crippen molar-refractivity contribution in [2.45, 2.75) is 19.9 Å². The largest absolute Gasteiger partial charge is 0.497 e. The molecule has 0 unspecified atom stereocenters. The van der Waals surface area contributed by atoms with Crippen LogP contribution in [-0.2, 0) is 13.0 Å². The molecule has 2 rings (SSSR count). The van der Waals surface area contributed by atoms with E-state index in [9.17, 15) is 0 Å². The SMILES string of the molecule is CCc1nc(NC)cc(NCc2ccc(OC)cc2)n1. The number of rotatable bonds is 6. The van der Waals surface area contributed by atoms with Crippen LogP contribution >= 0.6 is 0 Å². The van der Waals surface area contributed by atoms with Crippen LogP contribution in [0.2, 0.25) is 0 Å². The fourth-order valence-corrected chi connectivity index (χ4v) is 1.81. The highest BCUT2D eigenvalue weighted by Crippen LogP contribution is 2.15. The maximum atomic E-state index is 5.14. The lowest BCUT2D eigenvalue weighted by atomic mass is 10.2. The van der Waals surface area contributed by atoms with Gasteiger partial charge >= 0.3 is 0 Å². The summed E-state index contributed by atoms with van der Waals surface area (Å²) < 4.78 is 5.14. The number of anilines is 2. The number of aryl methyl sites for hydroxylation is 1. The standard InChI is InChI=1S/C15H20N4O/c1-4-13-18-14(16-2)9-15(19-13)17-10-11-5-7-12(20-3)8-6-11/h5-9H,4,10H2,1-3H3,(H2,16,17,18,19). The molecule has 0 aliphatic carbocycles. The molecule has 1 heterocycles. The lowest BCUT2D eigenvalue weighted by Gasteiger charge is -2.09.